The van der Waals surface area contributed by atoms with Crippen molar-refractivity contribution in [3.8, 4) is 0 Å². The van der Waals surface area contributed by atoms with Crippen LogP contribution in [0.25, 0.3) is 0 Å². The number of amides is 1. The lowest BCUT2D eigenvalue weighted by Gasteiger charge is -2.32. The number of carbonyl (C=O) groups excluding carboxylic acids is 3. The summed E-state index contributed by atoms with van der Waals surface area (Å²) in [5.41, 5.74) is -1.96. The van der Waals surface area contributed by atoms with Crippen molar-refractivity contribution in [3.63, 3.8) is 0 Å². The second kappa shape index (κ2) is 17.5. The highest BCUT2D eigenvalue weighted by molar-refractivity contribution is 5.94. The lowest BCUT2D eigenvalue weighted by molar-refractivity contribution is -0.157. The Labute approximate surface area is 290 Å². The summed E-state index contributed by atoms with van der Waals surface area (Å²) in [5, 5.41) is 36.4. The number of cyclic esters (lactones) is 1. The molecule has 0 bridgehead atoms. The highest BCUT2D eigenvalue weighted by atomic mass is 16.6. The lowest BCUT2D eigenvalue weighted by atomic mass is 9.87. The minimum atomic E-state index is -1.56. The first-order chi connectivity index (χ1) is 23.0. The molecule has 1 amide bonds. The number of carbonyl (C=O) groups is 3. The number of allylic oxidation sites excluding steroid dienone is 2. The molecule has 0 aromatic heterocycles. The number of esters is 2. The molecule has 11 atom stereocenters. The molecule has 0 aliphatic carbocycles. The van der Waals surface area contributed by atoms with Crippen molar-refractivity contribution < 1.29 is 48.7 Å². The maximum absolute atomic E-state index is 13.3. The summed E-state index contributed by atoms with van der Waals surface area (Å²) in [6, 6.07) is 7.94. The maximum Gasteiger partial charge on any atom is 0.309 e. The van der Waals surface area contributed by atoms with Crippen LogP contribution in [0.1, 0.15) is 84.5 Å². The summed E-state index contributed by atoms with van der Waals surface area (Å²) in [7, 11) is 1.66. The van der Waals surface area contributed by atoms with Gasteiger partial charge in [-0.15, -0.1) is 0 Å². The van der Waals surface area contributed by atoms with E-state index in [4.69, 9.17) is 18.9 Å². The van der Waals surface area contributed by atoms with Crippen LogP contribution >= 0.6 is 0 Å². The van der Waals surface area contributed by atoms with E-state index in [-0.39, 0.29) is 43.3 Å². The van der Waals surface area contributed by atoms with Crippen molar-refractivity contribution in [1.82, 2.24) is 5.32 Å². The molecule has 2 aliphatic rings. The molecule has 3 rings (SSSR count). The fourth-order valence-electron chi connectivity index (χ4n) is 6.39. The van der Waals surface area contributed by atoms with Gasteiger partial charge in [0.2, 0.25) is 0 Å². The Morgan fingerprint density at radius 3 is 2.47 bits per heavy atom. The fraction of sp³-hybridized carbons (Fsp3) is 0.605. The molecule has 11 nitrogen and oxygen atoms in total. The summed E-state index contributed by atoms with van der Waals surface area (Å²) in [6.45, 7) is 12.0. The van der Waals surface area contributed by atoms with Crippen molar-refractivity contribution in [3.05, 3.63) is 71.8 Å². The number of methoxy groups -OCH3 is 1. The first-order valence-electron chi connectivity index (χ1n) is 17.1. The first-order valence-corrected chi connectivity index (χ1v) is 17.1. The molecule has 272 valence electrons. The highest BCUT2D eigenvalue weighted by Gasteiger charge is 2.54. The zero-order valence-corrected chi connectivity index (χ0v) is 30.0. The fourth-order valence-corrected chi connectivity index (χ4v) is 6.39. The molecule has 49 heavy (non-hydrogen) atoms. The molecule has 0 saturated carbocycles. The Balaban J connectivity index is 1.89. The van der Waals surface area contributed by atoms with Gasteiger partial charge >= 0.3 is 11.9 Å². The molecule has 1 saturated heterocycles. The third-order valence-electron chi connectivity index (χ3n) is 9.51. The molecule has 2 aliphatic heterocycles. The van der Waals surface area contributed by atoms with Crippen molar-refractivity contribution in [2.24, 2.45) is 11.8 Å². The molecule has 0 spiro atoms. The van der Waals surface area contributed by atoms with Crippen LogP contribution in [-0.2, 0) is 28.5 Å². The van der Waals surface area contributed by atoms with E-state index in [1.807, 2.05) is 26.8 Å². The van der Waals surface area contributed by atoms with Crippen LogP contribution in [0.15, 0.2) is 66.3 Å². The third kappa shape index (κ3) is 11.3. The monoisotopic (exact) mass is 685 g/mol. The zero-order valence-electron chi connectivity index (χ0n) is 30.0. The topological polar surface area (TPSA) is 164 Å². The number of rotatable bonds is 12. The van der Waals surface area contributed by atoms with E-state index in [2.05, 4.69) is 5.32 Å². The van der Waals surface area contributed by atoms with E-state index in [1.54, 1.807) is 75.6 Å². The van der Waals surface area contributed by atoms with Gasteiger partial charge < -0.3 is 39.6 Å². The average molecular weight is 686 g/mol. The van der Waals surface area contributed by atoms with Crippen LogP contribution in [-0.4, -0.2) is 94.1 Å². The predicted octanol–water partition coefficient (Wildman–Crippen LogP) is 4.20. The minimum Gasteiger partial charge on any atom is -0.457 e. The molecule has 5 unspecified atom stereocenters. The number of hydrogen-bond donors (Lipinski definition) is 4. The molecule has 0 radical (unpaired) electrons. The van der Waals surface area contributed by atoms with Crippen LogP contribution in [0.5, 0.6) is 0 Å². The minimum absolute atomic E-state index is 0.0195. The summed E-state index contributed by atoms with van der Waals surface area (Å²) in [4.78, 5) is 37.9. The number of aliphatic hydroxyl groups excluding tert-OH is 1. The molecule has 1 aromatic carbocycles. The standard InChI is InChI=1S/C38H55NO10/c1-9-29(46-8)25(4)33-34(49-33)35(39-36(43)27-15-11-10-12-16-27)38(7,45)20-13-14-23(2)32-24(3)17-18-30(47-26(5)40)37(6,44)21-19-28(41)22-31(42)48-32/h10-18,20,24-25,28-30,32-35,41,44-45H,9,19,21-22H2,1-8H3,(H,39,43)/b18-17+,20-13+,23-14+/t24-,25+,28+,29-,30-,32?,33?,34-,35?,37?,38?/m0/s1. The SMILES string of the molecule is CC[C@H](OC)[C@@H](C)C1O[C@@H]1C(NC(=O)c1ccccc1)C(C)(O)/C=C/C=C(\C)C1OC(=O)C[C@H](O)CCC(C)(O)[C@@H](OC(C)=O)/C=C/[C@@H]1C. The molecular formula is C38H55NO10. The number of hydrogen-bond acceptors (Lipinski definition) is 10. The van der Waals surface area contributed by atoms with Crippen LogP contribution in [0, 0.1) is 11.8 Å². The van der Waals surface area contributed by atoms with Crippen molar-refractivity contribution in [1.29, 1.82) is 0 Å². The third-order valence-corrected chi connectivity index (χ3v) is 9.51. The zero-order chi connectivity index (χ0) is 36.5. The smallest absolute Gasteiger partial charge is 0.309 e. The summed E-state index contributed by atoms with van der Waals surface area (Å²) < 4.78 is 22.9. The molecular weight excluding hydrogens is 630 g/mol. The first kappa shape index (κ1) is 40.1. The molecule has 1 aromatic rings. The number of benzene rings is 1. The Hall–Kier alpha value is -3.35. The van der Waals surface area contributed by atoms with Gasteiger partial charge in [-0.25, -0.2) is 0 Å². The van der Waals surface area contributed by atoms with Gasteiger partial charge in [-0.1, -0.05) is 63.3 Å². The van der Waals surface area contributed by atoms with Crippen molar-refractivity contribution in [2.45, 2.75) is 128 Å². The van der Waals surface area contributed by atoms with Gasteiger partial charge in [-0.05, 0) is 63.8 Å². The van der Waals surface area contributed by atoms with Gasteiger partial charge in [0.25, 0.3) is 5.91 Å². The normalized spacial score (nSPS) is 32.0. The Kier molecular flexibility index (Phi) is 14.3. The van der Waals surface area contributed by atoms with Gasteiger partial charge in [0.05, 0.1) is 30.8 Å². The Bertz CT molecular complexity index is 1350. The second-order valence-corrected chi connectivity index (χ2v) is 13.9. The lowest BCUT2D eigenvalue weighted by Crippen LogP contribution is -2.54. The van der Waals surface area contributed by atoms with Crippen LogP contribution in [0.2, 0.25) is 0 Å². The Morgan fingerprint density at radius 1 is 1.18 bits per heavy atom. The average Bonchev–Trinajstić information content (AvgIpc) is 3.83. The van der Waals surface area contributed by atoms with E-state index >= 15 is 0 Å². The van der Waals surface area contributed by atoms with Crippen LogP contribution in [0.3, 0.4) is 0 Å². The van der Waals surface area contributed by atoms with Gasteiger partial charge in [0.1, 0.15) is 29.5 Å². The van der Waals surface area contributed by atoms with E-state index in [9.17, 15) is 29.7 Å². The van der Waals surface area contributed by atoms with E-state index < -0.39 is 59.5 Å². The summed E-state index contributed by atoms with van der Waals surface area (Å²) >= 11 is 0. The van der Waals surface area contributed by atoms with Gasteiger partial charge in [0, 0.05) is 31.4 Å². The van der Waals surface area contributed by atoms with E-state index in [1.165, 1.54) is 13.8 Å². The summed E-state index contributed by atoms with van der Waals surface area (Å²) in [5.74, 6) is -1.92. The van der Waals surface area contributed by atoms with Gasteiger partial charge in [0.15, 0.2) is 0 Å². The molecule has 4 N–H and O–H groups in total. The van der Waals surface area contributed by atoms with Gasteiger partial charge in [-0.3, -0.25) is 14.4 Å². The molecule has 1 fully saturated rings. The highest BCUT2D eigenvalue weighted by Crippen LogP contribution is 2.39. The van der Waals surface area contributed by atoms with Crippen molar-refractivity contribution in [2.75, 3.05) is 7.11 Å². The second-order valence-electron chi connectivity index (χ2n) is 13.9. The van der Waals surface area contributed by atoms with E-state index in [0.29, 0.717) is 11.1 Å². The number of ether oxygens (including phenoxy) is 4. The molecule has 2 heterocycles. The number of aliphatic hydroxyl groups is 3. The quantitative estimate of drug-likeness (QED) is 0.109. The maximum atomic E-state index is 13.3. The van der Waals surface area contributed by atoms with Crippen molar-refractivity contribution >= 4 is 17.8 Å². The molecule has 11 heteroatoms. The summed E-state index contributed by atoms with van der Waals surface area (Å²) in [6.07, 6.45) is 5.34. The largest absolute Gasteiger partial charge is 0.457 e. The predicted molar refractivity (Wildman–Crippen MR) is 184 cm³/mol. The van der Waals surface area contributed by atoms with Crippen LogP contribution in [0.4, 0.5) is 0 Å². The number of epoxide rings is 1. The van der Waals surface area contributed by atoms with Crippen LogP contribution < -0.4 is 5.32 Å². The Morgan fingerprint density at radius 2 is 1.86 bits per heavy atom. The number of nitrogens with one attached hydrogen (secondary N) is 1. The van der Waals surface area contributed by atoms with Gasteiger partial charge in [-0.2, -0.15) is 0 Å². The van der Waals surface area contributed by atoms with E-state index in [0.717, 1.165) is 6.42 Å².